The summed E-state index contributed by atoms with van der Waals surface area (Å²) in [6, 6.07) is 2.29. The van der Waals surface area contributed by atoms with Gasteiger partial charge in [-0.3, -0.25) is 4.79 Å². The Labute approximate surface area is 115 Å². The lowest BCUT2D eigenvalue weighted by Crippen LogP contribution is -2.42. The summed E-state index contributed by atoms with van der Waals surface area (Å²) in [6.45, 7) is 1.93. The molecule has 110 valence electrons. The summed E-state index contributed by atoms with van der Waals surface area (Å²) in [4.78, 5) is 34.8. The fraction of sp³-hybridized carbons (Fsp3) is 0.417. The average Bonchev–Trinajstić information content (AvgIpc) is 2.90. The first-order valence-electron chi connectivity index (χ1n) is 5.89. The minimum atomic E-state index is -1.18. The van der Waals surface area contributed by atoms with Crippen molar-refractivity contribution in [2.75, 3.05) is 20.2 Å². The second kappa shape index (κ2) is 7.17. The van der Waals surface area contributed by atoms with Gasteiger partial charge in [0, 0.05) is 6.54 Å². The van der Waals surface area contributed by atoms with Crippen molar-refractivity contribution in [2.45, 2.75) is 13.5 Å². The number of likely N-dealkylation sites (N-methyl/N-ethyl adjacent to an activating group) is 1. The lowest BCUT2D eigenvalue weighted by molar-refractivity contribution is -0.141. The second-order valence-electron chi connectivity index (χ2n) is 3.82. The highest BCUT2D eigenvalue weighted by atomic mass is 16.5. The number of esters is 1. The van der Waals surface area contributed by atoms with Crippen LogP contribution >= 0.6 is 0 Å². The maximum absolute atomic E-state index is 11.8. The van der Waals surface area contributed by atoms with Crippen LogP contribution in [0.15, 0.2) is 16.5 Å². The zero-order chi connectivity index (χ0) is 15.1. The molecule has 1 aromatic rings. The SMILES string of the molecule is CCN(CC(=O)OC)C(=O)NCc1ccc(C(=O)O)o1. The highest BCUT2D eigenvalue weighted by Crippen LogP contribution is 2.07. The first-order chi connectivity index (χ1) is 9.47. The molecule has 0 spiro atoms. The van der Waals surface area contributed by atoms with E-state index >= 15 is 0 Å². The minimum absolute atomic E-state index is 0.0315. The summed E-state index contributed by atoms with van der Waals surface area (Å²) in [5.41, 5.74) is 0. The number of nitrogens with one attached hydrogen (secondary N) is 1. The van der Waals surface area contributed by atoms with Crippen LogP contribution in [0, 0.1) is 0 Å². The molecule has 1 rings (SSSR count). The van der Waals surface area contributed by atoms with E-state index in [1.54, 1.807) is 6.92 Å². The summed E-state index contributed by atoms with van der Waals surface area (Å²) < 4.78 is 9.47. The van der Waals surface area contributed by atoms with Gasteiger partial charge in [-0.25, -0.2) is 9.59 Å². The number of hydrogen-bond acceptors (Lipinski definition) is 5. The van der Waals surface area contributed by atoms with Crippen molar-refractivity contribution in [3.05, 3.63) is 23.7 Å². The normalized spacial score (nSPS) is 9.90. The van der Waals surface area contributed by atoms with E-state index in [2.05, 4.69) is 10.1 Å². The number of ether oxygens (including phenoxy) is 1. The predicted molar refractivity (Wildman–Crippen MR) is 67.2 cm³/mol. The number of hydrogen-bond donors (Lipinski definition) is 2. The van der Waals surface area contributed by atoms with Crippen LogP contribution in [0.1, 0.15) is 23.2 Å². The first kappa shape index (κ1) is 15.5. The number of carboxylic acids is 1. The van der Waals surface area contributed by atoms with Crippen LogP contribution in [0.3, 0.4) is 0 Å². The van der Waals surface area contributed by atoms with Crippen molar-refractivity contribution in [3.63, 3.8) is 0 Å². The van der Waals surface area contributed by atoms with E-state index in [1.807, 2.05) is 0 Å². The molecule has 1 aromatic heterocycles. The third-order valence-electron chi connectivity index (χ3n) is 2.50. The molecule has 20 heavy (non-hydrogen) atoms. The largest absolute Gasteiger partial charge is 0.475 e. The number of carbonyl (C=O) groups excluding carboxylic acids is 2. The molecule has 8 heteroatoms. The van der Waals surface area contributed by atoms with Gasteiger partial charge in [0.2, 0.25) is 5.76 Å². The number of carbonyl (C=O) groups is 3. The van der Waals surface area contributed by atoms with Gasteiger partial charge in [-0.1, -0.05) is 0 Å². The van der Waals surface area contributed by atoms with Gasteiger partial charge in [-0.05, 0) is 19.1 Å². The molecule has 0 aromatic carbocycles. The molecule has 0 atom stereocenters. The van der Waals surface area contributed by atoms with E-state index < -0.39 is 18.0 Å². The predicted octanol–water partition coefficient (Wildman–Crippen LogP) is 0.682. The molecule has 8 nitrogen and oxygen atoms in total. The maximum Gasteiger partial charge on any atom is 0.371 e. The highest BCUT2D eigenvalue weighted by molar-refractivity contribution is 5.84. The summed E-state index contributed by atoms with van der Waals surface area (Å²) >= 11 is 0. The molecule has 0 aliphatic heterocycles. The molecule has 1 heterocycles. The molecule has 2 amide bonds. The minimum Gasteiger partial charge on any atom is -0.475 e. The van der Waals surface area contributed by atoms with Gasteiger partial charge in [0.15, 0.2) is 0 Å². The Morgan fingerprint density at radius 2 is 2.10 bits per heavy atom. The quantitative estimate of drug-likeness (QED) is 0.743. The van der Waals surface area contributed by atoms with Crippen molar-refractivity contribution in [1.29, 1.82) is 0 Å². The summed E-state index contributed by atoms with van der Waals surface area (Å²) in [7, 11) is 1.24. The zero-order valence-corrected chi connectivity index (χ0v) is 11.2. The van der Waals surface area contributed by atoms with Crippen molar-refractivity contribution in [2.24, 2.45) is 0 Å². The number of methoxy groups -OCH3 is 1. The molecule has 0 saturated heterocycles. The summed E-state index contributed by atoms with van der Waals surface area (Å²) in [5.74, 6) is -1.59. The Hall–Kier alpha value is -2.51. The maximum atomic E-state index is 11.8. The van der Waals surface area contributed by atoms with Gasteiger partial charge in [0.25, 0.3) is 0 Å². The fourth-order valence-corrected chi connectivity index (χ4v) is 1.41. The Morgan fingerprint density at radius 1 is 1.40 bits per heavy atom. The molecule has 0 aliphatic carbocycles. The zero-order valence-electron chi connectivity index (χ0n) is 11.2. The van der Waals surface area contributed by atoms with Gasteiger partial charge < -0.3 is 24.5 Å². The lowest BCUT2D eigenvalue weighted by atomic mass is 10.4. The van der Waals surface area contributed by atoms with Crippen LogP contribution in [-0.4, -0.2) is 48.2 Å². The van der Waals surface area contributed by atoms with Gasteiger partial charge in [0.1, 0.15) is 12.3 Å². The van der Waals surface area contributed by atoms with E-state index in [0.717, 1.165) is 0 Å². The van der Waals surface area contributed by atoms with E-state index in [9.17, 15) is 14.4 Å². The van der Waals surface area contributed by atoms with Crippen LogP contribution in [0.5, 0.6) is 0 Å². The van der Waals surface area contributed by atoms with Crippen molar-refractivity contribution < 1.29 is 28.6 Å². The Kier molecular flexibility index (Phi) is 5.57. The van der Waals surface area contributed by atoms with E-state index in [4.69, 9.17) is 9.52 Å². The van der Waals surface area contributed by atoms with E-state index in [1.165, 1.54) is 24.1 Å². The third kappa shape index (κ3) is 4.30. The smallest absolute Gasteiger partial charge is 0.371 e. The highest BCUT2D eigenvalue weighted by Gasteiger charge is 2.16. The van der Waals surface area contributed by atoms with Crippen molar-refractivity contribution >= 4 is 18.0 Å². The Bertz CT molecular complexity index is 496. The van der Waals surface area contributed by atoms with Gasteiger partial charge in [-0.2, -0.15) is 0 Å². The topological polar surface area (TPSA) is 109 Å². The number of amides is 2. The monoisotopic (exact) mass is 284 g/mol. The molecular formula is C12H16N2O6. The molecule has 0 fully saturated rings. The fourth-order valence-electron chi connectivity index (χ4n) is 1.41. The van der Waals surface area contributed by atoms with Crippen LogP contribution in [0.4, 0.5) is 4.79 Å². The molecule has 0 unspecified atom stereocenters. The van der Waals surface area contributed by atoms with Crippen LogP contribution < -0.4 is 5.32 Å². The van der Waals surface area contributed by atoms with E-state index in [-0.39, 0.29) is 18.8 Å². The molecular weight excluding hydrogens is 268 g/mol. The second-order valence-corrected chi connectivity index (χ2v) is 3.82. The molecule has 0 saturated carbocycles. The molecule has 0 bridgehead atoms. The lowest BCUT2D eigenvalue weighted by Gasteiger charge is -2.19. The summed E-state index contributed by atoms with van der Waals surface area (Å²) in [5, 5.41) is 11.2. The van der Waals surface area contributed by atoms with E-state index in [0.29, 0.717) is 12.3 Å². The third-order valence-corrected chi connectivity index (χ3v) is 2.50. The van der Waals surface area contributed by atoms with Crippen molar-refractivity contribution in [3.8, 4) is 0 Å². The van der Waals surface area contributed by atoms with Crippen LogP contribution in [0.2, 0.25) is 0 Å². The van der Waals surface area contributed by atoms with Crippen LogP contribution in [-0.2, 0) is 16.1 Å². The average molecular weight is 284 g/mol. The van der Waals surface area contributed by atoms with Gasteiger partial charge in [0.05, 0.1) is 13.7 Å². The van der Waals surface area contributed by atoms with Crippen molar-refractivity contribution in [1.82, 2.24) is 10.2 Å². The Morgan fingerprint density at radius 3 is 2.60 bits per heavy atom. The molecule has 0 radical (unpaired) electrons. The number of furan rings is 1. The standard InChI is InChI=1S/C12H16N2O6/c1-3-14(7-10(15)19-2)12(18)13-6-8-4-5-9(20-8)11(16)17/h4-5H,3,6-7H2,1-2H3,(H,13,18)(H,16,17). The number of urea groups is 1. The van der Waals surface area contributed by atoms with Crippen LogP contribution in [0.25, 0.3) is 0 Å². The number of nitrogens with zero attached hydrogens (tertiary/aromatic N) is 1. The number of aromatic carboxylic acids is 1. The molecule has 0 aliphatic rings. The first-order valence-corrected chi connectivity index (χ1v) is 5.89. The Balaban J connectivity index is 2.51. The van der Waals surface area contributed by atoms with Gasteiger partial charge in [-0.15, -0.1) is 0 Å². The molecule has 2 N–H and O–H groups in total. The van der Waals surface area contributed by atoms with Gasteiger partial charge >= 0.3 is 18.0 Å². The number of carboxylic acid groups (broad SMARTS) is 1. The number of rotatable bonds is 6. The summed E-state index contributed by atoms with van der Waals surface area (Å²) in [6.07, 6.45) is 0.